The fourth-order valence-corrected chi connectivity index (χ4v) is 4.30. The van der Waals surface area contributed by atoms with Gasteiger partial charge in [0, 0.05) is 12.2 Å². The van der Waals surface area contributed by atoms with Crippen LogP contribution in [0.5, 0.6) is 17.2 Å². The molecule has 0 aliphatic carbocycles. The van der Waals surface area contributed by atoms with Gasteiger partial charge in [-0.25, -0.2) is 17.5 Å². The minimum Gasteiger partial charge on any atom is -0.493 e. The molecule has 1 amide bonds. The molecule has 0 unspecified atom stereocenters. The lowest BCUT2D eigenvalue weighted by Crippen LogP contribution is -2.26. The molecule has 0 radical (unpaired) electrons. The number of anilines is 1. The molecule has 0 saturated carbocycles. The standard InChI is InChI=1S/C24H24ClFN2O6S/c1-32-22-10-3-16(13-23(22)33-2)11-12-27-35(30,31)19-7-5-18(6-8-19)34-15-24(29)28-17-4-9-21(26)20(25)14-17/h3-10,13-14,27H,11-12,15H2,1-2H3,(H,28,29). The molecule has 186 valence electrons. The second-order valence-electron chi connectivity index (χ2n) is 7.27. The van der Waals surface area contributed by atoms with Gasteiger partial charge in [-0.1, -0.05) is 17.7 Å². The summed E-state index contributed by atoms with van der Waals surface area (Å²) < 4.78 is 56.7. The Kier molecular flexibility index (Phi) is 8.91. The number of nitrogens with one attached hydrogen (secondary N) is 2. The van der Waals surface area contributed by atoms with Crippen LogP contribution in [0.1, 0.15) is 5.56 Å². The summed E-state index contributed by atoms with van der Waals surface area (Å²) in [6.07, 6.45) is 0.454. The number of halogens is 2. The molecule has 3 rings (SSSR count). The number of hydrogen-bond acceptors (Lipinski definition) is 6. The molecule has 2 N–H and O–H groups in total. The van der Waals surface area contributed by atoms with E-state index in [2.05, 4.69) is 10.0 Å². The van der Waals surface area contributed by atoms with E-state index in [0.717, 1.165) is 11.6 Å². The van der Waals surface area contributed by atoms with E-state index in [1.807, 2.05) is 6.07 Å². The van der Waals surface area contributed by atoms with Crippen LogP contribution in [0.4, 0.5) is 10.1 Å². The van der Waals surface area contributed by atoms with Crippen molar-refractivity contribution < 1.29 is 31.8 Å². The van der Waals surface area contributed by atoms with Gasteiger partial charge >= 0.3 is 0 Å². The number of ether oxygens (including phenoxy) is 3. The normalized spacial score (nSPS) is 11.1. The number of benzene rings is 3. The Hall–Kier alpha value is -3.34. The Bertz CT molecular complexity index is 1290. The van der Waals surface area contributed by atoms with E-state index in [4.69, 9.17) is 25.8 Å². The van der Waals surface area contributed by atoms with Crippen LogP contribution in [0.15, 0.2) is 65.6 Å². The summed E-state index contributed by atoms with van der Waals surface area (Å²) in [5, 5.41) is 2.42. The van der Waals surface area contributed by atoms with Gasteiger partial charge in [-0.15, -0.1) is 0 Å². The molecule has 0 aromatic heterocycles. The molecule has 35 heavy (non-hydrogen) atoms. The first-order valence-electron chi connectivity index (χ1n) is 10.4. The molecule has 3 aromatic carbocycles. The Labute approximate surface area is 208 Å². The van der Waals surface area contributed by atoms with Gasteiger partial charge in [0.05, 0.1) is 24.1 Å². The summed E-state index contributed by atoms with van der Waals surface area (Å²) in [5.74, 6) is 0.393. The molecule has 0 spiro atoms. The zero-order chi connectivity index (χ0) is 25.4. The van der Waals surface area contributed by atoms with E-state index in [0.29, 0.717) is 29.4 Å². The highest BCUT2D eigenvalue weighted by molar-refractivity contribution is 7.89. The Balaban J connectivity index is 1.50. The van der Waals surface area contributed by atoms with Crippen LogP contribution >= 0.6 is 11.6 Å². The van der Waals surface area contributed by atoms with E-state index in [1.165, 1.54) is 43.5 Å². The zero-order valence-electron chi connectivity index (χ0n) is 19.0. The van der Waals surface area contributed by atoms with Gasteiger partial charge in [0.15, 0.2) is 18.1 Å². The smallest absolute Gasteiger partial charge is 0.262 e. The second-order valence-corrected chi connectivity index (χ2v) is 9.45. The Morgan fingerprint density at radius 3 is 2.34 bits per heavy atom. The van der Waals surface area contributed by atoms with Crippen LogP contribution in [0.2, 0.25) is 5.02 Å². The average molecular weight is 523 g/mol. The average Bonchev–Trinajstić information content (AvgIpc) is 2.85. The molecule has 0 atom stereocenters. The van der Waals surface area contributed by atoms with E-state index in [-0.39, 0.29) is 23.1 Å². The molecule has 0 saturated heterocycles. The highest BCUT2D eigenvalue weighted by Gasteiger charge is 2.14. The van der Waals surface area contributed by atoms with Crippen LogP contribution in [-0.4, -0.2) is 41.7 Å². The van der Waals surface area contributed by atoms with Crippen molar-refractivity contribution in [2.45, 2.75) is 11.3 Å². The van der Waals surface area contributed by atoms with Crippen molar-refractivity contribution in [2.24, 2.45) is 0 Å². The van der Waals surface area contributed by atoms with Crippen molar-refractivity contribution >= 4 is 33.2 Å². The lowest BCUT2D eigenvalue weighted by atomic mass is 10.1. The molecular weight excluding hydrogens is 499 g/mol. The first kappa shape index (κ1) is 26.3. The summed E-state index contributed by atoms with van der Waals surface area (Å²) in [6.45, 7) is -0.145. The lowest BCUT2D eigenvalue weighted by Gasteiger charge is -2.11. The maximum absolute atomic E-state index is 13.2. The first-order chi connectivity index (χ1) is 16.7. The van der Waals surface area contributed by atoms with Gasteiger partial charge in [-0.3, -0.25) is 4.79 Å². The molecular formula is C24H24ClFN2O6S. The number of rotatable bonds is 11. The van der Waals surface area contributed by atoms with Gasteiger partial charge in [-0.05, 0) is 66.6 Å². The van der Waals surface area contributed by atoms with E-state index in [1.54, 1.807) is 19.2 Å². The third-order valence-electron chi connectivity index (χ3n) is 4.86. The van der Waals surface area contributed by atoms with Crippen molar-refractivity contribution in [3.05, 3.63) is 77.1 Å². The summed E-state index contributed by atoms with van der Waals surface area (Å²) in [5.41, 5.74) is 1.21. The molecule has 8 nitrogen and oxygen atoms in total. The fraction of sp³-hybridized carbons (Fsp3) is 0.208. The zero-order valence-corrected chi connectivity index (χ0v) is 20.6. The number of carbonyl (C=O) groups excluding carboxylic acids is 1. The quantitative estimate of drug-likeness (QED) is 0.394. The number of methoxy groups -OCH3 is 2. The van der Waals surface area contributed by atoms with Crippen LogP contribution in [0.25, 0.3) is 0 Å². The number of carbonyl (C=O) groups is 1. The van der Waals surface area contributed by atoms with Crippen LogP contribution in [0.3, 0.4) is 0 Å². The van der Waals surface area contributed by atoms with Gasteiger partial charge in [0.25, 0.3) is 5.91 Å². The predicted molar refractivity (Wildman–Crippen MR) is 130 cm³/mol. The minimum atomic E-state index is -3.74. The number of sulfonamides is 1. The number of amides is 1. The minimum absolute atomic E-state index is 0.0579. The van der Waals surface area contributed by atoms with E-state index < -0.39 is 21.7 Å². The monoisotopic (exact) mass is 522 g/mol. The fourth-order valence-electron chi connectivity index (χ4n) is 3.08. The SMILES string of the molecule is COc1ccc(CCNS(=O)(=O)c2ccc(OCC(=O)Nc3ccc(F)c(Cl)c3)cc2)cc1OC. The molecule has 3 aromatic rings. The Morgan fingerprint density at radius 2 is 1.69 bits per heavy atom. The van der Waals surface area contributed by atoms with Crippen molar-refractivity contribution in [3.8, 4) is 17.2 Å². The topological polar surface area (TPSA) is 103 Å². The van der Waals surface area contributed by atoms with E-state index >= 15 is 0 Å². The maximum atomic E-state index is 13.2. The summed E-state index contributed by atoms with van der Waals surface area (Å²) in [7, 11) is -0.663. The molecule has 0 aliphatic heterocycles. The highest BCUT2D eigenvalue weighted by atomic mass is 35.5. The van der Waals surface area contributed by atoms with Gasteiger partial charge in [0.1, 0.15) is 11.6 Å². The van der Waals surface area contributed by atoms with Gasteiger partial charge in [0.2, 0.25) is 10.0 Å². The van der Waals surface area contributed by atoms with Crippen LogP contribution in [-0.2, 0) is 21.2 Å². The molecule has 0 heterocycles. The molecule has 11 heteroatoms. The summed E-state index contributed by atoms with van der Waals surface area (Å²) in [6, 6.07) is 14.8. The summed E-state index contributed by atoms with van der Waals surface area (Å²) in [4.78, 5) is 12.1. The Morgan fingerprint density at radius 1 is 0.971 bits per heavy atom. The molecule has 0 aliphatic rings. The van der Waals surface area contributed by atoms with E-state index in [9.17, 15) is 17.6 Å². The van der Waals surface area contributed by atoms with Crippen molar-refractivity contribution in [3.63, 3.8) is 0 Å². The second kappa shape index (κ2) is 11.9. The van der Waals surface area contributed by atoms with Crippen LogP contribution in [0, 0.1) is 5.82 Å². The molecule has 0 fully saturated rings. The highest BCUT2D eigenvalue weighted by Crippen LogP contribution is 2.27. The summed E-state index contributed by atoms with van der Waals surface area (Å²) >= 11 is 5.69. The largest absolute Gasteiger partial charge is 0.493 e. The van der Waals surface area contributed by atoms with Crippen molar-refractivity contribution in [1.82, 2.24) is 4.72 Å². The van der Waals surface area contributed by atoms with Gasteiger partial charge in [-0.2, -0.15) is 0 Å². The predicted octanol–water partition coefficient (Wildman–Crippen LogP) is 4.03. The molecule has 0 bridgehead atoms. The van der Waals surface area contributed by atoms with Crippen molar-refractivity contribution in [2.75, 3.05) is 32.7 Å². The third-order valence-corrected chi connectivity index (χ3v) is 6.63. The van der Waals surface area contributed by atoms with Crippen LogP contribution < -0.4 is 24.2 Å². The maximum Gasteiger partial charge on any atom is 0.262 e. The number of hydrogen-bond donors (Lipinski definition) is 2. The lowest BCUT2D eigenvalue weighted by molar-refractivity contribution is -0.118. The first-order valence-corrected chi connectivity index (χ1v) is 12.3. The van der Waals surface area contributed by atoms with Gasteiger partial charge < -0.3 is 19.5 Å². The van der Waals surface area contributed by atoms with Crippen molar-refractivity contribution in [1.29, 1.82) is 0 Å². The third kappa shape index (κ3) is 7.32.